The van der Waals surface area contributed by atoms with Crippen molar-refractivity contribution in [3.63, 3.8) is 0 Å². The summed E-state index contributed by atoms with van der Waals surface area (Å²) in [6, 6.07) is 2.01. The van der Waals surface area contributed by atoms with E-state index in [0.29, 0.717) is 0 Å². The summed E-state index contributed by atoms with van der Waals surface area (Å²) in [6.07, 6.45) is 0.203. The molecule has 1 aliphatic heterocycles. The number of rotatable bonds is 2. The molecule has 0 bridgehead atoms. The first-order chi connectivity index (χ1) is 7.16. The van der Waals surface area contributed by atoms with Crippen molar-refractivity contribution >= 4 is 11.8 Å². The van der Waals surface area contributed by atoms with Crippen LogP contribution in [-0.2, 0) is 9.59 Å². The molecule has 0 aromatic heterocycles. The molecule has 0 spiro atoms. The lowest BCUT2D eigenvalue weighted by Crippen LogP contribution is -2.48. The minimum Gasteiger partial charge on any atom is -0.274 e. The highest BCUT2D eigenvalue weighted by atomic mass is 16.2. The molecule has 0 aliphatic carbocycles. The molecule has 0 saturated carbocycles. The van der Waals surface area contributed by atoms with Gasteiger partial charge in [0.1, 0.15) is 5.54 Å². The van der Waals surface area contributed by atoms with Gasteiger partial charge in [-0.15, -0.1) is 0 Å². The van der Waals surface area contributed by atoms with Gasteiger partial charge in [-0.3, -0.25) is 14.5 Å². The van der Waals surface area contributed by atoms with Crippen LogP contribution in [0.4, 0.5) is 0 Å². The largest absolute Gasteiger partial charge is 0.274 e. The third-order valence-electron chi connectivity index (χ3n) is 3.57. The average molecular weight is 222 g/mol. The van der Waals surface area contributed by atoms with Crippen LogP contribution in [0.5, 0.6) is 0 Å². The molecule has 4 nitrogen and oxygen atoms in total. The number of hydrogen-bond acceptors (Lipinski definition) is 3. The van der Waals surface area contributed by atoms with Gasteiger partial charge in [-0.05, 0) is 26.7 Å². The van der Waals surface area contributed by atoms with Gasteiger partial charge in [-0.25, -0.2) is 0 Å². The van der Waals surface area contributed by atoms with Gasteiger partial charge in [-0.1, -0.05) is 13.8 Å². The van der Waals surface area contributed by atoms with Crippen LogP contribution >= 0.6 is 0 Å². The predicted octanol–water partition coefficient (Wildman–Crippen LogP) is 1.71. The summed E-state index contributed by atoms with van der Waals surface area (Å²) in [7, 11) is 0. The molecule has 88 valence electrons. The fourth-order valence-corrected chi connectivity index (χ4v) is 1.90. The van der Waals surface area contributed by atoms with Gasteiger partial charge >= 0.3 is 0 Å². The minimum atomic E-state index is -1.05. The zero-order chi connectivity index (χ0) is 12.7. The summed E-state index contributed by atoms with van der Waals surface area (Å²) >= 11 is 0. The molecule has 0 N–H and O–H groups in total. The van der Waals surface area contributed by atoms with Crippen molar-refractivity contribution in [2.45, 2.75) is 46.6 Å². The van der Waals surface area contributed by atoms with E-state index >= 15 is 0 Å². The number of likely N-dealkylation sites (tertiary alicyclic amines) is 1. The Labute approximate surface area is 96.2 Å². The molecule has 1 saturated heterocycles. The van der Waals surface area contributed by atoms with Crippen molar-refractivity contribution < 1.29 is 9.59 Å². The van der Waals surface area contributed by atoms with Gasteiger partial charge in [0.05, 0.1) is 11.5 Å². The van der Waals surface area contributed by atoms with E-state index in [1.54, 1.807) is 20.8 Å². The highest BCUT2D eigenvalue weighted by Gasteiger charge is 2.54. The molecular weight excluding hydrogens is 204 g/mol. The van der Waals surface area contributed by atoms with Gasteiger partial charge in [0.2, 0.25) is 11.8 Å². The maximum absolute atomic E-state index is 12.2. The number of nitrogens with zero attached hydrogens (tertiary/aromatic N) is 2. The molecule has 0 aromatic carbocycles. The molecule has 1 unspecified atom stereocenters. The highest BCUT2D eigenvalue weighted by Crippen LogP contribution is 2.41. The molecule has 1 atom stereocenters. The van der Waals surface area contributed by atoms with Crippen molar-refractivity contribution in [3.8, 4) is 6.07 Å². The SMILES string of the molecule is CC(C)C1(C)CC(=O)N(C(C)(C)C#N)C1=O. The summed E-state index contributed by atoms with van der Waals surface area (Å²) in [6.45, 7) is 8.83. The van der Waals surface area contributed by atoms with Gasteiger partial charge in [0.25, 0.3) is 0 Å². The lowest BCUT2D eigenvalue weighted by atomic mass is 9.77. The van der Waals surface area contributed by atoms with E-state index in [1.807, 2.05) is 19.9 Å². The first kappa shape index (κ1) is 12.7. The summed E-state index contributed by atoms with van der Waals surface area (Å²) in [5.41, 5.74) is -1.72. The maximum Gasteiger partial charge on any atom is 0.237 e. The van der Waals surface area contributed by atoms with E-state index in [9.17, 15) is 9.59 Å². The zero-order valence-corrected chi connectivity index (χ0v) is 10.5. The number of amides is 2. The second-order valence-electron chi connectivity index (χ2n) is 5.45. The Kier molecular flexibility index (Phi) is 2.84. The van der Waals surface area contributed by atoms with Gasteiger partial charge in [0, 0.05) is 6.42 Å². The second-order valence-corrected chi connectivity index (χ2v) is 5.45. The Morgan fingerprint density at radius 3 is 2.25 bits per heavy atom. The van der Waals surface area contributed by atoms with Crippen molar-refractivity contribution in [2.75, 3.05) is 0 Å². The van der Waals surface area contributed by atoms with Crippen molar-refractivity contribution in [1.29, 1.82) is 5.26 Å². The summed E-state index contributed by atoms with van der Waals surface area (Å²) in [5.74, 6) is -0.379. The number of carbonyl (C=O) groups excluding carboxylic acids is 2. The third-order valence-corrected chi connectivity index (χ3v) is 3.57. The zero-order valence-electron chi connectivity index (χ0n) is 10.5. The van der Waals surface area contributed by atoms with Crippen LogP contribution in [0.2, 0.25) is 0 Å². The fourth-order valence-electron chi connectivity index (χ4n) is 1.90. The molecule has 1 heterocycles. The molecule has 1 fully saturated rings. The molecule has 2 amide bonds. The second kappa shape index (κ2) is 3.58. The van der Waals surface area contributed by atoms with Crippen LogP contribution in [0.25, 0.3) is 0 Å². The summed E-state index contributed by atoms with van der Waals surface area (Å²) in [5, 5.41) is 9.00. The van der Waals surface area contributed by atoms with E-state index < -0.39 is 11.0 Å². The monoisotopic (exact) mass is 222 g/mol. The standard InChI is InChI=1S/C12H18N2O2/c1-8(2)12(5)6-9(15)14(10(12)16)11(3,4)7-13/h8H,6H2,1-5H3. The molecular formula is C12H18N2O2. The van der Waals surface area contributed by atoms with E-state index in [1.165, 1.54) is 0 Å². The Morgan fingerprint density at radius 1 is 1.44 bits per heavy atom. The number of nitriles is 1. The van der Waals surface area contributed by atoms with Crippen LogP contribution in [-0.4, -0.2) is 22.3 Å². The molecule has 0 radical (unpaired) electrons. The first-order valence-corrected chi connectivity index (χ1v) is 5.45. The topological polar surface area (TPSA) is 61.2 Å². The van der Waals surface area contributed by atoms with Crippen LogP contribution in [0.3, 0.4) is 0 Å². The maximum atomic E-state index is 12.2. The van der Waals surface area contributed by atoms with Crippen LogP contribution in [0, 0.1) is 22.7 Å². The Hall–Kier alpha value is -1.37. The average Bonchev–Trinajstić information content (AvgIpc) is 2.39. The lowest BCUT2D eigenvalue weighted by Gasteiger charge is -2.31. The smallest absolute Gasteiger partial charge is 0.237 e. The van der Waals surface area contributed by atoms with Crippen LogP contribution in [0.15, 0.2) is 0 Å². The molecule has 4 heteroatoms. The third kappa shape index (κ3) is 1.60. The van der Waals surface area contributed by atoms with E-state index in [2.05, 4.69) is 0 Å². The summed E-state index contributed by atoms with van der Waals surface area (Å²) in [4.78, 5) is 25.2. The van der Waals surface area contributed by atoms with Crippen LogP contribution in [0.1, 0.15) is 41.0 Å². The summed E-state index contributed by atoms with van der Waals surface area (Å²) < 4.78 is 0. The Morgan fingerprint density at radius 2 is 1.94 bits per heavy atom. The Balaban J connectivity index is 3.16. The number of hydrogen-bond donors (Lipinski definition) is 0. The van der Waals surface area contributed by atoms with Gasteiger partial charge in [-0.2, -0.15) is 5.26 Å². The van der Waals surface area contributed by atoms with Crippen molar-refractivity contribution in [3.05, 3.63) is 0 Å². The molecule has 0 aromatic rings. The molecule has 1 rings (SSSR count). The van der Waals surface area contributed by atoms with Crippen molar-refractivity contribution in [2.24, 2.45) is 11.3 Å². The first-order valence-electron chi connectivity index (χ1n) is 5.45. The van der Waals surface area contributed by atoms with Gasteiger partial charge < -0.3 is 0 Å². The molecule has 1 aliphatic rings. The lowest BCUT2D eigenvalue weighted by molar-refractivity contribution is -0.146. The van der Waals surface area contributed by atoms with Gasteiger partial charge in [0.15, 0.2) is 0 Å². The fraction of sp³-hybridized carbons (Fsp3) is 0.750. The number of imide groups is 1. The normalized spacial score (nSPS) is 26.4. The Bertz CT molecular complexity index is 379. The van der Waals surface area contributed by atoms with E-state index in [4.69, 9.17) is 5.26 Å². The van der Waals surface area contributed by atoms with Crippen LogP contribution < -0.4 is 0 Å². The van der Waals surface area contributed by atoms with E-state index in [-0.39, 0.29) is 24.2 Å². The highest BCUT2D eigenvalue weighted by molar-refractivity contribution is 6.06. The molecule has 16 heavy (non-hydrogen) atoms. The van der Waals surface area contributed by atoms with Crippen molar-refractivity contribution in [1.82, 2.24) is 4.90 Å². The number of carbonyl (C=O) groups is 2. The van der Waals surface area contributed by atoms with E-state index in [0.717, 1.165) is 4.90 Å². The quantitative estimate of drug-likeness (QED) is 0.668. The minimum absolute atomic E-state index is 0.0865. The predicted molar refractivity (Wildman–Crippen MR) is 59.1 cm³/mol.